The lowest BCUT2D eigenvalue weighted by Crippen LogP contribution is -2.29. The Balaban J connectivity index is 2.94. The molecule has 0 aliphatic carbocycles. The second kappa shape index (κ2) is 6.19. The van der Waals surface area contributed by atoms with E-state index in [1.165, 1.54) is 12.1 Å². The van der Waals surface area contributed by atoms with Crippen LogP contribution in [0.25, 0.3) is 0 Å². The molecule has 0 N–H and O–H groups in total. The number of Topliss-reactive ketones (excluding diaryl/α,β-unsaturated/α-hetero) is 1. The summed E-state index contributed by atoms with van der Waals surface area (Å²) in [6.07, 6.45) is -5.01. The molecule has 0 aromatic heterocycles. The second-order valence-electron chi connectivity index (χ2n) is 4.56. The summed E-state index contributed by atoms with van der Waals surface area (Å²) in [6, 6.07) is 4.21. The number of ketones is 1. The Morgan fingerprint density at radius 1 is 1.21 bits per heavy atom. The number of halogens is 3. The fraction of sp³-hybridized carbons (Fsp3) is 0.500. The summed E-state index contributed by atoms with van der Waals surface area (Å²) >= 11 is 0. The topological polar surface area (TPSA) is 26.3 Å². The molecule has 0 spiro atoms. The number of rotatable bonds is 5. The normalized spacial score (nSPS) is 13.6. The van der Waals surface area contributed by atoms with Gasteiger partial charge in [0, 0.05) is 12.2 Å². The van der Waals surface area contributed by atoms with Crippen LogP contribution in [0.4, 0.5) is 13.2 Å². The third kappa shape index (κ3) is 4.06. The van der Waals surface area contributed by atoms with Crippen LogP contribution in [-0.4, -0.2) is 18.5 Å². The van der Waals surface area contributed by atoms with Crippen LogP contribution in [-0.2, 0) is 10.9 Å². The van der Waals surface area contributed by atoms with Gasteiger partial charge in [-0.15, -0.1) is 0 Å². The number of benzene rings is 1. The van der Waals surface area contributed by atoms with Crippen molar-refractivity contribution >= 4 is 5.78 Å². The van der Waals surface area contributed by atoms with Crippen LogP contribution < -0.4 is 0 Å². The first kappa shape index (κ1) is 15.7. The molecule has 0 radical (unpaired) electrons. The zero-order chi connectivity index (χ0) is 14.6. The Labute approximate surface area is 110 Å². The third-order valence-electron chi connectivity index (χ3n) is 2.71. The van der Waals surface area contributed by atoms with Crippen LogP contribution in [0, 0.1) is 5.92 Å². The average Bonchev–Trinajstić information content (AvgIpc) is 2.34. The van der Waals surface area contributed by atoms with Crippen molar-refractivity contribution < 1.29 is 22.7 Å². The van der Waals surface area contributed by atoms with Gasteiger partial charge in [0.05, 0.1) is 5.56 Å². The highest BCUT2D eigenvalue weighted by Gasteiger charge is 2.31. The van der Waals surface area contributed by atoms with E-state index in [1.54, 1.807) is 6.92 Å². The Bertz CT molecular complexity index is 421. The van der Waals surface area contributed by atoms with Gasteiger partial charge in [-0.1, -0.05) is 26.0 Å². The zero-order valence-electron chi connectivity index (χ0n) is 11.1. The zero-order valence-corrected chi connectivity index (χ0v) is 11.1. The molecule has 5 heteroatoms. The van der Waals surface area contributed by atoms with Crippen LogP contribution in [0.2, 0.25) is 0 Å². The molecule has 106 valence electrons. The van der Waals surface area contributed by atoms with Gasteiger partial charge >= 0.3 is 6.18 Å². The molecule has 1 aromatic rings. The smallest absolute Gasteiger partial charge is 0.370 e. The minimum Gasteiger partial charge on any atom is -0.370 e. The summed E-state index contributed by atoms with van der Waals surface area (Å²) in [5.74, 6) is -0.319. The van der Waals surface area contributed by atoms with Crippen LogP contribution in [0.3, 0.4) is 0 Å². The largest absolute Gasteiger partial charge is 0.416 e. The van der Waals surface area contributed by atoms with E-state index in [1.807, 2.05) is 13.8 Å². The molecule has 0 heterocycles. The van der Waals surface area contributed by atoms with E-state index in [0.717, 1.165) is 12.1 Å². The highest BCUT2D eigenvalue weighted by molar-refractivity contribution is 5.99. The van der Waals surface area contributed by atoms with E-state index in [-0.39, 0.29) is 17.3 Å². The van der Waals surface area contributed by atoms with Crippen LogP contribution in [0.1, 0.15) is 36.7 Å². The molecule has 0 aliphatic heterocycles. The summed E-state index contributed by atoms with van der Waals surface area (Å²) < 4.78 is 42.6. The van der Waals surface area contributed by atoms with Crippen LogP contribution in [0.5, 0.6) is 0 Å². The Hall–Kier alpha value is -1.36. The monoisotopic (exact) mass is 274 g/mol. The Morgan fingerprint density at radius 2 is 1.74 bits per heavy atom. The van der Waals surface area contributed by atoms with Gasteiger partial charge < -0.3 is 4.74 Å². The lowest BCUT2D eigenvalue weighted by atomic mass is 9.97. The molecular weight excluding hydrogens is 257 g/mol. The van der Waals surface area contributed by atoms with Gasteiger partial charge in [0.2, 0.25) is 0 Å². The van der Waals surface area contributed by atoms with Gasteiger partial charge in [-0.25, -0.2) is 0 Å². The van der Waals surface area contributed by atoms with Gasteiger partial charge in [0.25, 0.3) is 0 Å². The lowest BCUT2D eigenvalue weighted by Gasteiger charge is -2.19. The van der Waals surface area contributed by atoms with Crippen LogP contribution in [0.15, 0.2) is 24.3 Å². The molecule has 0 saturated heterocycles. The first-order valence-electron chi connectivity index (χ1n) is 6.10. The van der Waals surface area contributed by atoms with Gasteiger partial charge in [-0.2, -0.15) is 13.2 Å². The highest BCUT2D eigenvalue weighted by Crippen LogP contribution is 2.29. The van der Waals surface area contributed by atoms with Crippen molar-refractivity contribution in [1.29, 1.82) is 0 Å². The highest BCUT2D eigenvalue weighted by atomic mass is 19.4. The molecule has 0 fully saturated rings. The molecule has 0 amide bonds. The van der Waals surface area contributed by atoms with Gasteiger partial charge in [-0.05, 0) is 25.0 Å². The van der Waals surface area contributed by atoms with E-state index in [2.05, 4.69) is 0 Å². The first-order valence-corrected chi connectivity index (χ1v) is 6.10. The number of hydrogen-bond donors (Lipinski definition) is 0. The van der Waals surface area contributed by atoms with Crippen molar-refractivity contribution in [2.24, 2.45) is 5.92 Å². The maximum atomic E-state index is 12.4. The standard InChI is InChI=1S/C14H17F3O2/c1-4-19-13(9(2)3)12(18)10-5-7-11(8-6-10)14(15,16)17/h5-9,13H,4H2,1-3H3. The molecule has 0 saturated carbocycles. The van der Waals surface area contributed by atoms with Crippen molar-refractivity contribution in [2.75, 3.05) is 6.61 Å². The Morgan fingerprint density at radius 3 is 2.11 bits per heavy atom. The maximum absolute atomic E-state index is 12.4. The summed E-state index contributed by atoms with van der Waals surface area (Å²) in [6.45, 7) is 5.83. The number of carbonyl (C=O) groups is 1. The van der Waals surface area contributed by atoms with Gasteiger partial charge in [0.1, 0.15) is 6.10 Å². The first-order chi connectivity index (χ1) is 8.77. The molecule has 19 heavy (non-hydrogen) atoms. The van der Waals surface area contributed by atoms with Crippen molar-refractivity contribution in [1.82, 2.24) is 0 Å². The molecule has 0 aliphatic rings. The molecule has 1 atom stereocenters. The van der Waals surface area contributed by atoms with Gasteiger partial charge in [-0.3, -0.25) is 4.79 Å². The quantitative estimate of drug-likeness (QED) is 0.760. The van der Waals surface area contributed by atoms with Gasteiger partial charge in [0.15, 0.2) is 5.78 Å². The van der Waals surface area contributed by atoms with Crippen LogP contribution >= 0.6 is 0 Å². The predicted octanol–water partition coefficient (Wildman–Crippen LogP) is 3.95. The predicted molar refractivity (Wildman–Crippen MR) is 66.0 cm³/mol. The number of carbonyl (C=O) groups excluding carboxylic acids is 1. The number of ether oxygens (including phenoxy) is 1. The summed E-state index contributed by atoms with van der Waals surface area (Å²) in [5, 5.41) is 0. The number of hydrogen-bond acceptors (Lipinski definition) is 2. The molecule has 1 aromatic carbocycles. The fourth-order valence-corrected chi connectivity index (χ4v) is 1.74. The summed E-state index contributed by atoms with van der Waals surface area (Å²) in [5.41, 5.74) is -0.526. The van der Waals surface area contributed by atoms with E-state index < -0.39 is 17.8 Å². The maximum Gasteiger partial charge on any atom is 0.416 e. The molecule has 2 nitrogen and oxygen atoms in total. The number of alkyl halides is 3. The van der Waals surface area contributed by atoms with E-state index in [4.69, 9.17) is 4.74 Å². The van der Waals surface area contributed by atoms with Crippen molar-refractivity contribution in [3.05, 3.63) is 35.4 Å². The lowest BCUT2D eigenvalue weighted by molar-refractivity contribution is -0.137. The molecular formula is C14H17F3O2. The van der Waals surface area contributed by atoms with Crippen molar-refractivity contribution in [3.8, 4) is 0 Å². The average molecular weight is 274 g/mol. The molecule has 1 unspecified atom stereocenters. The minimum atomic E-state index is -4.39. The SMILES string of the molecule is CCOC(C(=O)c1ccc(C(F)(F)F)cc1)C(C)C. The summed E-state index contributed by atoms with van der Waals surface area (Å²) in [7, 11) is 0. The molecule has 0 bridgehead atoms. The van der Waals surface area contributed by atoms with Crippen molar-refractivity contribution in [3.63, 3.8) is 0 Å². The van der Waals surface area contributed by atoms with Crippen molar-refractivity contribution in [2.45, 2.75) is 33.1 Å². The molecule has 1 rings (SSSR count). The van der Waals surface area contributed by atoms with E-state index >= 15 is 0 Å². The van der Waals surface area contributed by atoms with E-state index in [9.17, 15) is 18.0 Å². The second-order valence-corrected chi connectivity index (χ2v) is 4.56. The minimum absolute atomic E-state index is 0.0326. The third-order valence-corrected chi connectivity index (χ3v) is 2.71. The van der Waals surface area contributed by atoms with E-state index in [0.29, 0.717) is 6.61 Å². The fourth-order valence-electron chi connectivity index (χ4n) is 1.74. The Kier molecular flexibility index (Phi) is 5.11. The summed E-state index contributed by atoms with van der Waals surface area (Å²) in [4.78, 5) is 12.1.